The Bertz CT molecular complexity index is 434. The lowest BCUT2D eigenvalue weighted by atomic mass is 10.1. The summed E-state index contributed by atoms with van der Waals surface area (Å²) in [4.78, 5) is 12.1. The van der Waals surface area contributed by atoms with Crippen LogP contribution in [-0.4, -0.2) is 31.7 Å². The monoisotopic (exact) mass is 276 g/mol. The second-order valence-corrected chi connectivity index (χ2v) is 5.16. The van der Waals surface area contributed by atoms with Crippen molar-refractivity contribution < 1.29 is 9.53 Å². The molecule has 1 heterocycles. The zero-order valence-electron chi connectivity index (χ0n) is 12.2. The summed E-state index contributed by atoms with van der Waals surface area (Å²) in [6.45, 7) is 4.34. The molecule has 0 saturated heterocycles. The molecule has 0 radical (unpaired) electrons. The first-order valence-electron chi connectivity index (χ1n) is 7.51. The van der Waals surface area contributed by atoms with Crippen LogP contribution in [0.4, 0.5) is 5.69 Å². The van der Waals surface area contributed by atoms with Crippen molar-refractivity contribution in [3.05, 3.63) is 29.8 Å². The zero-order chi connectivity index (χ0) is 14.2. The smallest absolute Gasteiger partial charge is 0.241 e. The van der Waals surface area contributed by atoms with Gasteiger partial charge in [-0.1, -0.05) is 31.5 Å². The number of aryl methyl sites for hydroxylation is 1. The number of hydrogen-bond donors (Lipinski definition) is 2. The number of unbranched alkanes of at least 4 members (excludes halogenated alkanes) is 1. The maximum Gasteiger partial charge on any atom is 0.241 e. The van der Waals surface area contributed by atoms with Crippen LogP contribution < -0.4 is 10.6 Å². The van der Waals surface area contributed by atoms with Gasteiger partial charge in [0.2, 0.25) is 5.91 Å². The van der Waals surface area contributed by atoms with Crippen molar-refractivity contribution in [2.24, 2.45) is 0 Å². The molecule has 0 fully saturated rings. The van der Waals surface area contributed by atoms with Gasteiger partial charge in [0.25, 0.3) is 0 Å². The average Bonchev–Trinajstić information content (AvgIpc) is 2.62. The molecule has 0 bridgehead atoms. The van der Waals surface area contributed by atoms with Crippen LogP contribution in [0, 0.1) is 0 Å². The highest BCUT2D eigenvalue weighted by atomic mass is 16.5. The van der Waals surface area contributed by atoms with E-state index in [1.54, 1.807) is 0 Å². The molecule has 4 nitrogen and oxygen atoms in total. The maximum absolute atomic E-state index is 12.1. The highest BCUT2D eigenvalue weighted by Crippen LogP contribution is 2.21. The van der Waals surface area contributed by atoms with Crippen molar-refractivity contribution in [3.63, 3.8) is 0 Å². The molecule has 20 heavy (non-hydrogen) atoms. The standard InChI is InChI=1S/C16H24N2O2/c1-2-3-11-20-12-10-17-15-9-8-13-6-4-5-7-14(13)18-16(15)19/h4-7,15,17H,2-3,8-12H2,1H3,(H,18,19). The fraction of sp³-hybridized carbons (Fsp3) is 0.562. The number of para-hydroxylation sites is 1. The molecule has 2 rings (SSSR count). The number of carbonyl (C=O) groups excluding carboxylic acids is 1. The van der Waals surface area contributed by atoms with Crippen LogP contribution in [-0.2, 0) is 16.0 Å². The number of carbonyl (C=O) groups is 1. The van der Waals surface area contributed by atoms with Crippen molar-refractivity contribution in [1.82, 2.24) is 5.32 Å². The molecular weight excluding hydrogens is 252 g/mol. The van der Waals surface area contributed by atoms with Crippen molar-refractivity contribution >= 4 is 11.6 Å². The Balaban J connectivity index is 1.76. The predicted molar refractivity (Wildman–Crippen MR) is 80.9 cm³/mol. The zero-order valence-corrected chi connectivity index (χ0v) is 12.2. The third-order valence-corrected chi connectivity index (χ3v) is 3.57. The third-order valence-electron chi connectivity index (χ3n) is 3.57. The Labute approximate surface area is 120 Å². The minimum atomic E-state index is -0.128. The topological polar surface area (TPSA) is 50.4 Å². The minimum absolute atomic E-state index is 0.0588. The number of ether oxygens (including phenoxy) is 1. The lowest BCUT2D eigenvalue weighted by Crippen LogP contribution is -2.41. The molecule has 0 spiro atoms. The van der Waals surface area contributed by atoms with Crippen molar-refractivity contribution in [2.45, 2.75) is 38.6 Å². The van der Waals surface area contributed by atoms with Crippen LogP contribution in [0.15, 0.2) is 24.3 Å². The molecule has 1 aliphatic rings. The van der Waals surface area contributed by atoms with Gasteiger partial charge >= 0.3 is 0 Å². The van der Waals surface area contributed by atoms with E-state index in [0.717, 1.165) is 44.5 Å². The lowest BCUT2D eigenvalue weighted by Gasteiger charge is -2.15. The number of amides is 1. The van der Waals surface area contributed by atoms with Gasteiger partial charge in [0.05, 0.1) is 12.6 Å². The summed E-state index contributed by atoms with van der Waals surface area (Å²) >= 11 is 0. The number of benzene rings is 1. The van der Waals surface area contributed by atoms with Crippen LogP contribution in [0.3, 0.4) is 0 Å². The summed E-state index contributed by atoms with van der Waals surface area (Å²) in [5.41, 5.74) is 2.16. The summed E-state index contributed by atoms with van der Waals surface area (Å²) in [6.07, 6.45) is 4.00. The van der Waals surface area contributed by atoms with E-state index in [1.165, 1.54) is 5.56 Å². The Kier molecular flexibility index (Phi) is 6.02. The van der Waals surface area contributed by atoms with E-state index in [1.807, 2.05) is 18.2 Å². The number of rotatable bonds is 7. The van der Waals surface area contributed by atoms with Gasteiger partial charge in [0.1, 0.15) is 0 Å². The van der Waals surface area contributed by atoms with E-state index in [0.29, 0.717) is 6.61 Å². The van der Waals surface area contributed by atoms with E-state index in [2.05, 4.69) is 23.6 Å². The molecule has 1 amide bonds. The Hall–Kier alpha value is -1.39. The molecule has 4 heteroatoms. The molecular formula is C16H24N2O2. The van der Waals surface area contributed by atoms with Gasteiger partial charge in [-0.15, -0.1) is 0 Å². The first kappa shape index (κ1) is 15.0. The first-order chi connectivity index (χ1) is 9.81. The molecule has 1 unspecified atom stereocenters. The second-order valence-electron chi connectivity index (χ2n) is 5.16. The Morgan fingerprint density at radius 1 is 1.35 bits per heavy atom. The molecule has 1 aromatic rings. The summed E-state index contributed by atoms with van der Waals surface area (Å²) < 4.78 is 5.50. The van der Waals surface area contributed by atoms with E-state index in [4.69, 9.17) is 4.74 Å². The number of anilines is 1. The average molecular weight is 276 g/mol. The minimum Gasteiger partial charge on any atom is -0.380 e. The van der Waals surface area contributed by atoms with E-state index >= 15 is 0 Å². The van der Waals surface area contributed by atoms with Gasteiger partial charge < -0.3 is 15.4 Å². The van der Waals surface area contributed by atoms with Crippen LogP contribution in [0.1, 0.15) is 31.7 Å². The largest absolute Gasteiger partial charge is 0.380 e. The van der Waals surface area contributed by atoms with Crippen molar-refractivity contribution in [3.8, 4) is 0 Å². The summed E-state index contributed by atoms with van der Waals surface area (Å²) in [7, 11) is 0. The third kappa shape index (κ3) is 4.32. The van der Waals surface area contributed by atoms with E-state index < -0.39 is 0 Å². The molecule has 1 aliphatic heterocycles. The lowest BCUT2D eigenvalue weighted by molar-refractivity contribution is -0.118. The second kappa shape index (κ2) is 8.02. The highest BCUT2D eigenvalue weighted by Gasteiger charge is 2.22. The van der Waals surface area contributed by atoms with Crippen LogP contribution >= 0.6 is 0 Å². The quantitative estimate of drug-likeness (QED) is 0.752. The Morgan fingerprint density at radius 2 is 2.20 bits per heavy atom. The van der Waals surface area contributed by atoms with Gasteiger partial charge in [0.15, 0.2) is 0 Å². The maximum atomic E-state index is 12.1. The summed E-state index contributed by atoms with van der Waals surface area (Å²) in [5, 5.41) is 6.28. The fourth-order valence-corrected chi connectivity index (χ4v) is 2.36. The number of fused-ring (bicyclic) bond motifs is 1. The normalized spacial score (nSPS) is 18.2. The van der Waals surface area contributed by atoms with Crippen LogP contribution in [0.5, 0.6) is 0 Å². The molecule has 1 aromatic carbocycles. The molecule has 1 atom stereocenters. The van der Waals surface area contributed by atoms with Gasteiger partial charge in [-0.3, -0.25) is 4.79 Å². The molecule has 110 valence electrons. The van der Waals surface area contributed by atoms with Crippen molar-refractivity contribution in [1.29, 1.82) is 0 Å². The van der Waals surface area contributed by atoms with Gasteiger partial charge in [-0.2, -0.15) is 0 Å². The van der Waals surface area contributed by atoms with Crippen LogP contribution in [0.2, 0.25) is 0 Å². The van der Waals surface area contributed by atoms with Gasteiger partial charge in [-0.25, -0.2) is 0 Å². The molecule has 0 saturated carbocycles. The van der Waals surface area contributed by atoms with Gasteiger partial charge in [-0.05, 0) is 30.9 Å². The number of nitrogens with one attached hydrogen (secondary N) is 2. The highest BCUT2D eigenvalue weighted by molar-refractivity contribution is 5.96. The first-order valence-corrected chi connectivity index (χ1v) is 7.51. The molecule has 0 aromatic heterocycles. The number of hydrogen-bond acceptors (Lipinski definition) is 3. The predicted octanol–water partition coefficient (Wildman–Crippen LogP) is 2.35. The van der Waals surface area contributed by atoms with E-state index in [9.17, 15) is 4.79 Å². The van der Waals surface area contributed by atoms with Gasteiger partial charge in [0, 0.05) is 18.8 Å². The summed E-state index contributed by atoms with van der Waals surface area (Å²) in [6, 6.07) is 7.88. The summed E-state index contributed by atoms with van der Waals surface area (Å²) in [5.74, 6) is 0.0588. The molecule has 2 N–H and O–H groups in total. The Morgan fingerprint density at radius 3 is 3.05 bits per heavy atom. The fourth-order valence-electron chi connectivity index (χ4n) is 2.36. The van der Waals surface area contributed by atoms with Crippen molar-refractivity contribution in [2.75, 3.05) is 25.1 Å². The SMILES string of the molecule is CCCCOCCNC1CCc2ccccc2NC1=O. The van der Waals surface area contributed by atoms with E-state index in [-0.39, 0.29) is 11.9 Å². The molecule has 0 aliphatic carbocycles. The van der Waals surface area contributed by atoms with Crippen LogP contribution in [0.25, 0.3) is 0 Å².